The minimum absolute atomic E-state index is 0.0600. The first-order valence-corrected chi connectivity index (χ1v) is 11.3. The number of piperazine rings is 1. The first-order valence-electron chi connectivity index (χ1n) is 11.3. The van der Waals surface area contributed by atoms with Gasteiger partial charge in [-0.05, 0) is 48.5 Å². The first-order chi connectivity index (χ1) is 16.2. The zero-order valence-corrected chi connectivity index (χ0v) is 18.7. The summed E-state index contributed by atoms with van der Waals surface area (Å²) in [6.45, 7) is 5.04. The summed E-state index contributed by atoms with van der Waals surface area (Å²) in [5.74, 6) is 0.0600. The molecule has 0 aliphatic carbocycles. The molecule has 1 amide bonds. The minimum Gasteiger partial charge on any atom is -0.374 e. The van der Waals surface area contributed by atoms with Crippen LogP contribution in [0.5, 0.6) is 0 Å². The van der Waals surface area contributed by atoms with Crippen molar-refractivity contribution < 1.29 is 4.79 Å². The fraction of sp³-hybridized carbons (Fsp3) is 0.179. The molecule has 4 aromatic rings. The predicted molar refractivity (Wildman–Crippen MR) is 133 cm³/mol. The van der Waals surface area contributed by atoms with Crippen LogP contribution >= 0.6 is 0 Å². The molecule has 2 aromatic heterocycles. The lowest BCUT2D eigenvalue weighted by atomic mass is 10.0. The number of carbonyl (C=O) groups excluding carboxylic acids is 1. The molecule has 33 heavy (non-hydrogen) atoms. The Labute approximate surface area is 194 Å². The van der Waals surface area contributed by atoms with Gasteiger partial charge in [0.2, 0.25) is 0 Å². The van der Waals surface area contributed by atoms with Gasteiger partial charge in [-0.2, -0.15) is 0 Å². The second-order valence-electron chi connectivity index (χ2n) is 8.32. The highest BCUT2D eigenvalue weighted by Gasteiger charge is 2.23. The number of aromatic nitrogens is 2. The van der Waals surface area contributed by atoms with Crippen molar-refractivity contribution in [2.24, 2.45) is 0 Å². The normalized spacial score (nSPS) is 14.2. The van der Waals surface area contributed by atoms with Crippen LogP contribution in [0, 0.1) is 6.92 Å². The molecule has 1 saturated heterocycles. The molecule has 1 aliphatic heterocycles. The van der Waals surface area contributed by atoms with Gasteiger partial charge in [0.1, 0.15) is 0 Å². The van der Waals surface area contributed by atoms with Crippen molar-refractivity contribution in [1.29, 1.82) is 0 Å². The average molecular weight is 435 g/mol. The van der Waals surface area contributed by atoms with Crippen LogP contribution < -0.4 is 0 Å². The average Bonchev–Trinajstić information content (AvgIpc) is 2.88. The summed E-state index contributed by atoms with van der Waals surface area (Å²) in [5, 5.41) is 0.902. The van der Waals surface area contributed by atoms with Crippen molar-refractivity contribution in [3.63, 3.8) is 0 Å². The number of hydrogen-bond donors (Lipinski definition) is 0. The van der Waals surface area contributed by atoms with Crippen LogP contribution in [0.4, 0.5) is 0 Å². The third-order valence-electron chi connectivity index (χ3n) is 6.11. The molecular formula is C28H26N4O. The van der Waals surface area contributed by atoms with E-state index >= 15 is 0 Å². The molecule has 1 aliphatic rings. The van der Waals surface area contributed by atoms with E-state index in [4.69, 9.17) is 4.98 Å². The number of hydrogen-bond acceptors (Lipinski definition) is 4. The number of para-hydroxylation sites is 1. The molecule has 0 N–H and O–H groups in total. The molecule has 3 heterocycles. The quantitative estimate of drug-likeness (QED) is 0.452. The molecule has 0 bridgehead atoms. The zero-order chi connectivity index (χ0) is 22.6. The molecule has 1 fully saturated rings. The Morgan fingerprint density at radius 2 is 1.76 bits per heavy atom. The van der Waals surface area contributed by atoms with E-state index in [0.717, 1.165) is 40.8 Å². The lowest BCUT2D eigenvalue weighted by molar-refractivity contribution is 0.0682. The number of nitrogens with zero attached hydrogens (tertiary/aromatic N) is 4. The minimum atomic E-state index is 0.0600. The monoisotopic (exact) mass is 434 g/mol. The van der Waals surface area contributed by atoms with Gasteiger partial charge in [0.05, 0.1) is 16.8 Å². The Balaban J connectivity index is 1.39. The van der Waals surface area contributed by atoms with E-state index in [-0.39, 0.29) is 5.91 Å². The summed E-state index contributed by atoms with van der Waals surface area (Å²) in [6.07, 6.45) is 7.78. The molecule has 0 unspecified atom stereocenters. The SMILES string of the molecule is Cc1cccc2c(C(=O)N3CCN(C=Cc4ccccc4)CC3)cc(-c3cccnc3)nc12. The van der Waals surface area contributed by atoms with Crippen LogP contribution in [0.25, 0.3) is 28.2 Å². The van der Waals surface area contributed by atoms with Gasteiger partial charge in [0, 0.05) is 49.5 Å². The maximum Gasteiger partial charge on any atom is 0.254 e. The van der Waals surface area contributed by atoms with Crippen molar-refractivity contribution in [1.82, 2.24) is 19.8 Å². The van der Waals surface area contributed by atoms with Gasteiger partial charge in [-0.1, -0.05) is 48.5 Å². The van der Waals surface area contributed by atoms with E-state index in [9.17, 15) is 4.79 Å². The summed E-state index contributed by atoms with van der Waals surface area (Å²) < 4.78 is 0. The fourth-order valence-corrected chi connectivity index (χ4v) is 4.23. The number of rotatable bonds is 4. The Morgan fingerprint density at radius 3 is 2.52 bits per heavy atom. The summed E-state index contributed by atoms with van der Waals surface area (Å²) >= 11 is 0. The Hall–Kier alpha value is -3.99. The Kier molecular flexibility index (Phi) is 5.85. The van der Waals surface area contributed by atoms with E-state index < -0.39 is 0 Å². The molecule has 5 nitrogen and oxygen atoms in total. The van der Waals surface area contributed by atoms with Crippen LogP contribution in [-0.4, -0.2) is 51.9 Å². The second kappa shape index (κ2) is 9.25. The maximum absolute atomic E-state index is 13.6. The van der Waals surface area contributed by atoms with Gasteiger partial charge in [-0.3, -0.25) is 9.78 Å². The third kappa shape index (κ3) is 4.48. The standard InChI is InChI=1S/C28H26N4O/c1-21-7-5-11-24-25(19-26(30-27(21)24)23-10-6-13-29-20-23)28(33)32-17-15-31(16-18-32)14-12-22-8-3-2-4-9-22/h2-14,19-20H,15-18H2,1H3. The van der Waals surface area contributed by atoms with E-state index in [2.05, 4.69) is 34.3 Å². The van der Waals surface area contributed by atoms with E-state index in [1.807, 2.05) is 66.4 Å². The van der Waals surface area contributed by atoms with Crippen LogP contribution in [-0.2, 0) is 0 Å². The number of benzene rings is 2. The van der Waals surface area contributed by atoms with Crippen molar-refractivity contribution in [3.05, 3.63) is 102 Å². The fourth-order valence-electron chi connectivity index (χ4n) is 4.23. The highest BCUT2D eigenvalue weighted by molar-refractivity contribution is 6.07. The topological polar surface area (TPSA) is 49.3 Å². The van der Waals surface area contributed by atoms with Gasteiger partial charge in [0.15, 0.2) is 0 Å². The second-order valence-corrected chi connectivity index (χ2v) is 8.32. The van der Waals surface area contributed by atoms with Crippen molar-refractivity contribution in [2.45, 2.75) is 6.92 Å². The number of fused-ring (bicyclic) bond motifs is 1. The van der Waals surface area contributed by atoms with Gasteiger partial charge >= 0.3 is 0 Å². The molecule has 2 aromatic carbocycles. The van der Waals surface area contributed by atoms with Crippen LogP contribution in [0.1, 0.15) is 21.5 Å². The zero-order valence-electron chi connectivity index (χ0n) is 18.7. The van der Waals surface area contributed by atoms with E-state index in [1.54, 1.807) is 12.4 Å². The number of amides is 1. The Bertz CT molecular complexity index is 1290. The lowest BCUT2D eigenvalue weighted by Crippen LogP contribution is -2.46. The highest BCUT2D eigenvalue weighted by atomic mass is 16.2. The van der Waals surface area contributed by atoms with Gasteiger partial charge < -0.3 is 9.80 Å². The van der Waals surface area contributed by atoms with Gasteiger partial charge in [-0.25, -0.2) is 4.98 Å². The maximum atomic E-state index is 13.6. The van der Waals surface area contributed by atoms with Crippen molar-refractivity contribution >= 4 is 22.9 Å². The largest absolute Gasteiger partial charge is 0.374 e. The number of carbonyl (C=O) groups is 1. The van der Waals surface area contributed by atoms with E-state index in [1.165, 1.54) is 5.56 Å². The van der Waals surface area contributed by atoms with Crippen molar-refractivity contribution in [2.75, 3.05) is 26.2 Å². The van der Waals surface area contributed by atoms with Gasteiger partial charge in [-0.15, -0.1) is 0 Å². The molecule has 0 radical (unpaired) electrons. The molecule has 0 atom stereocenters. The molecular weight excluding hydrogens is 408 g/mol. The molecule has 0 saturated carbocycles. The van der Waals surface area contributed by atoms with Crippen LogP contribution in [0.15, 0.2) is 85.3 Å². The lowest BCUT2D eigenvalue weighted by Gasteiger charge is -2.34. The van der Waals surface area contributed by atoms with E-state index in [0.29, 0.717) is 18.7 Å². The number of aryl methyl sites for hydroxylation is 1. The summed E-state index contributed by atoms with van der Waals surface area (Å²) in [7, 11) is 0. The molecule has 5 heteroatoms. The molecule has 5 rings (SSSR count). The highest BCUT2D eigenvalue weighted by Crippen LogP contribution is 2.27. The Morgan fingerprint density at radius 1 is 0.939 bits per heavy atom. The van der Waals surface area contributed by atoms with Crippen molar-refractivity contribution in [3.8, 4) is 11.3 Å². The van der Waals surface area contributed by atoms with Crippen LogP contribution in [0.2, 0.25) is 0 Å². The predicted octanol–water partition coefficient (Wildman–Crippen LogP) is 5.03. The smallest absolute Gasteiger partial charge is 0.254 e. The third-order valence-corrected chi connectivity index (χ3v) is 6.11. The molecule has 164 valence electrons. The van der Waals surface area contributed by atoms with Crippen LogP contribution in [0.3, 0.4) is 0 Å². The summed E-state index contributed by atoms with van der Waals surface area (Å²) in [6, 6.07) is 22.1. The first kappa shape index (κ1) is 20.9. The summed E-state index contributed by atoms with van der Waals surface area (Å²) in [5.41, 5.74) is 5.49. The molecule has 0 spiro atoms. The summed E-state index contributed by atoms with van der Waals surface area (Å²) in [4.78, 5) is 27.0. The van der Waals surface area contributed by atoms with Gasteiger partial charge in [0.25, 0.3) is 5.91 Å². The number of pyridine rings is 2.